The largest absolute Gasteiger partial charge is 0.381 e. The van der Waals surface area contributed by atoms with Gasteiger partial charge < -0.3 is 14.6 Å². The van der Waals surface area contributed by atoms with Crippen molar-refractivity contribution in [1.82, 2.24) is 14.9 Å². The van der Waals surface area contributed by atoms with Gasteiger partial charge in [-0.25, -0.2) is 4.98 Å². The van der Waals surface area contributed by atoms with Gasteiger partial charge in [0, 0.05) is 42.7 Å². The summed E-state index contributed by atoms with van der Waals surface area (Å²) in [6.07, 6.45) is 5.67. The fourth-order valence-electron chi connectivity index (χ4n) is 3.12. The van der Waals surface area contributed by atoms with Crippen molar-refractivity contribution in [3.8, 4) is 5.69 Å². The molecule has 1 unspecified atom stereocenters. The molecule has 1 amide bonds. The van der Waals surface area contributed by atoms with Gasteiger partial charge in [0.15, 0.2) is 0 Å². The number of ether oxygens (including phenoxy) is 1. The zero-order valence-corrected chi connectivity index (χ0v) is 11.7. The van der Waals surface area contributed by atoms with Gasteiger partial charge >= 0.3 is 0 Å². The lowest BCUT2D eigenvalue weighted by molar-refractivity contribution is 0.0946. The van der Waals surface area contributed by atoms with E-state index in [-0.39, 0.29) is 5.91 Å². The number of nitrogens with one attached hydrogen (secondary N) is 1. The van der Waals surface area contributed by atoms with Crippen LogP contribution in [0.5, 0.6) is 0 Å². The van der Waals surface area contributed by atoms with Gasteiger partial charge in [0.05, 0.1) is 6.61 Å². The molecule has 1 fully saturated rings. The first-order valence-electron chi connectivity index (χ1n) is 7.35. The molecule has 0 radical (unpaired) electrons. The summed E-state index contributed by atoms with van der Waals surface area (Å²) in [5.41, 5.74) is 2.89. The maximum Gasteiger partial charge on any atom is 0.251 e. The van der Waals surface area contributed by atoms with Crippen molar-refractivity contribution in [2.45, 2.75) is 18.8 Å². The molecular weight excluding hydrogens is 266 g/mol. The fraction of sp³-hybridized carbons (Fsp3) is 0.375. The molecule has 5 heteroatoms. The van der Waals surface area contributed by atoms with E-state index in [1.165, 1.54) is 0 Å². The summed E-state index contributed by atoms with van der Waals surface area (Å²) >= 11 is 0. The Hall–Kier alpha value is -2.14. The molecule has 1 saturated heterocycles. The van der Waals surface area contributed by atoms with E-state index in [9.17, 15) is 4.79 Å². The highest BCUT2D eigenvalue weighted by Crippen LogP contribution is 2.27. The molecule has 1 aromatic carbocycles. The van der Waals surface area contributed by atoms with Crippen LogP contribution in [0.4, 0.5) is 0 Å². The van der Waals surface area contributed by atoms with E-state index in [2.05, 4.69) is 27.0 Å². The highest BCUT2D eigenvalue weighted by molar-refractivity contribution is 5.97. The highest BCUT2D eigenvalue weighted by atomic mass is 16.5. The molecule has 1 atom stereocenters. The molecule has 1 N–H and O–H groups in total. The lowest BCUT2D eigenvalue weighted by atomic mass is 9.99. The van der Waals surface area contributed by atoms with Gasteiger partial charge in [0.1, 0.15) is 5.82 Å². The molecule has 2 aromatic rings. The van der Waals surface area contributed by atoms with E-state index in [0.29, 0.717) is 5.92 Å². The van der Waals surface area contributed by atoms with E-state index < -0.39 is 0 Å². The van der Waals surface area contributed by atoms with Gasteiger partial charge in [0.25, 0.3) is 5.91 Å². The number of rotatable bonds is 2. The number of hydrogen-bond donors (Lipinski definition) is 1. The van der Waals surface area contributed by atoms with Crippen LogP contribution in [-0.2, 0) is 11.2 Å². The Kier molecular flexibility index (Phi) is 3.00. The number of carbonyl (C=O) groups is 1. The molecule has 0 saturated carbocycles. The minimum atomic E-state index is 0.0176. The van der Waals surface area contributed by atoms with Crippen LogP contribution in [0.3, 0.4) is 0 Å². The molecule has 3 heterocycles. The summed E-state index contributed by atoms with van der Waals surface area (Å²) in [6, 6.07) is 6.08. The first kappa shape index (κ1) is 12.6. The number of aromatic nitrogens is 2. The van der Waals surface area contributed by atoms with Crippen molar-refractivity contribution in [2.24, 2.45) is 0 Å². The molecule has 1 aromatic heterocycles. The van der Waals surface area contributed by atoms with Crippen LogP contribution in [0.2, 0.25) is 0 Å². The Morgan fingerprint density at radius 2 is 2.33 bits per heavy atom. The van der Waals surface area contributed by atoms with Crippen LogP contribution >= 0.6 is 0 Å². The highest BCUT2D eigenvalue weighted by Gasteiger charge is 2.23. The Balaban J connectivity index is 1.75. The quantitative estimate of drug-likeness (QED) is 0.912. The van der Waals surface area contributed by atoms with Gasteiger partial charge in [-0.05, 0) is 30.5 Å². The zero-order chi connectivity index (χ0) is 14.2. The number of amides is 1. The number of fused-ring (bicyclic) bond motifs is 1. The summed E-state index contributed by atoms with van der Waals surface area (Å²) in [5, 5.41) is 2.90. The van der Waals surface area contributed by atoms with Crippen LogP contribution in [0.25, 0.3) is 5.69 Å². The number of carbonyl (C=O) groups excluding carboxylic acids is 1. The molecule has 0 spiro atoms. The topological polar surface area (TPSA) is 56.2 Å². The summed E-state index contributed by atoms with van der Waals surface area (Å²) in [5.74, 6) is 1.37. The van der Waals surface area contributed by atoms with Gasteiger partial charge in [-0.3, -0.25) is 4.79 Å². The Bertz CT molecular complexity index is 687. The maximum absolute atomic E-state index is 12.0. The molecule has 0 bridgehead atoms. The molecule has 2 aliphatic rings. The average Bonchev–Trinajstić information content (AvgIpc) is 3.18. The van der Waals surface area contributed by atoms with Gasteiger partial charge in [-0.15, -0.1) is 0 Å². The predicted molar refractivity (Wildman–Crippen MR) is 77.8 cm³/mol. The van der Waals surface area contributed by atoms with Crippen molar-refractivity contribution < 1.29 is 9.53 Å². The van der Waals surface area contributed by atoms with Crippen molar-refractivity contribution in [3.63, 3.8) is 0 Å². The standard InChI is InChI=1S/C16H17N3O2/c20-16-14-9-13(2-1-11(14)3-5-18-16)19-7-6-17-15(19)12-4-8-21-10-12/h1-2,6-7,9,12H,3-5,8,10H2,(H,18,20). The monoisotopic (exact) mass is 283 g/mol. The summed E-state index contributed by atoms with van der Waals surface area (Å²) in [6.45, 7) is 2.24. The lowest BCUT2D eigenvalue weighted by Gasteiger charge is -2.18. The summed E-state index contributed by atoms with van der Waals surface area (Å²) in [4.78, 5) is 16.5. The third-order valence-corrected chi connectivity index (χ3v) is 4.26. The van der Waals surface area contributed by atoms with Crippen molar-refractivity contribution in [1.29, 1.82) is 0 Å². The molecule has 4 rings (SSSR count). The van der Waals surface area contributed by atoms with E-state index >= 15 is 0 Å². The Labute approximate surface area is 122 Å². The first-order valence-corrected chi connectivity index (χ1v) is 7.35. The Morgan fingerprint density at radius 3 is 3.19 bits per heavy atom. The molecule has 21 heavy (non-hydrogen) atoms. The smallest absolute Gasteiger partial charge is 0.251 e. The van der Waals surface area contributed by atoms with Gasteiger partial charge in [-0.2, -0.15) is 0 Å². The third-order valence-electron chi connectivity index (χ3n) is 4.26. The van der Waals surface area contributed by atoms with E-state index in [4.69, 9.17) is 4.74 Å². The van der Waals surface area contributed by atoms with Crippen molar-refractivity contribution in [3.05, 3.63) is 47.5 Å². The normalized spacial score (nSPS) is 21.1. The van der Waals surface area contributed by atoms with Gasteiger partial charge in [0.2, 0.25) is 0 Å². The van der Waals surface area contributed by atoms with Gasteiger partial charge in [-0.1, -0.05) is 6.07 Å². The zero-order valence-electron chi connectivity index (χ0n) is 11.7. The van der Waals surface area contributed by atoms with Crippen molar-refractivity contribution >= 4 is 5.91 Å². The Morgan fingerprint density at radius 1 is 1.38 bits per heavy atom. The fourth-order valence-corrected chi connectivity index (χ4v) is 3.12. The van der Waals surface area contributed by atoms with E-state index in [0.717, 1.165) is 55.2 Å². The van der Waals surface area contributed by atoms with E-state index in [1.54, 1.807) is 0 Å². The number of nitrogens with zero attached hydrogens (tertiary/aromatic N) is 2. The molecule has 108 valence electrons. The van der Waals surface area contributed by atoms with Crippen LogP contribution in [0, 0.1) is 0 Å². The number of hydrogen-bond acceptors (Lipinski definition) is 3. The predicted octanol–water partition coefficient (Wildman–Crippen LogP) is 1.66. The first-order chi connectivity index (χ1) is 10.3. The minimum Gasteiger partial charge on any atom is -0.381 e. The van der Waals surface area contributed by atoms with Crippen LogP contribution < -0.4 is 5.32 Å². The van der Waals surface area contributed by atoms with Crippen LogP contribution in [0.1, 0.15) is 34.1 Å². The molecule has 0 aliphatic carbocycles. The minimum absolute atomic E-state index is 0.0176. The van der Waals surface area contributed by atoms with Crippen LogP contribution in [-0.4, -0.2) is 35.2 Å². The number of imidazole rings is 1. The second kappa shape index (κ2) is 5.00. The second-order valence-electron chi connectivity index (χ2n) is 5.56. The van der Waals surface area contributed by atoms with E-state index in [1.807, 2.05) is 18.5 Å². The summed E-state index contributed by atoms with van der Waals surface area (Å²) in [7, 11) is 0. The maximum atomic E-state index is 12.0. The third kappa shape index (κ3) is 2.14. The molecule has 5 nitrogen and oxygen atoms in total. The SMILES string of the molecule is O=C1NCCc2ccc(-n3ccnc3C3CCOC3)cc21. The second-order valence-corrected chi connectivity index (χ2v) is 5.56. The van der Waals surface area contributed by atoms with Crippen LogP contribution in [0.15, 0.2) is 30.6 Å². The molecular formula is C16H17N3O2. The average molecular weight is 283 g/mol. The number of benzene rings is 1. The summed E-state index contributed by atoms with van der Waals surface area (Å²) < 4.78 is 7.53. The molecule has 2 aliphatic heterocycles. The lowest BCUT2D eigenvalue weighted by Crippen LogP contribution is -2.31. The van der Waals surface area contributed by atoms with Crippen molar-refractivity contribution in [2.75, 3.05) is 19.8 Å².